The lowest BCUT2D eigenvalue weighted by Gasteiger charge is -2.11. The van der Waals surface area contributed by atoms with Crippen molar-refractivity contribution in [3.63, 3.8) is 0 Å². The van der Waals surface area contributed by atoms with Gasteiger partial charge in [0, 0.05) is 19.4 Å². The minimum atomic E-state index is -0.929. The Balaban J connectivity index is 2.64. The molecule has 21 heavy (non-hydrogen) atoms. The molecule has 0 heterocycles. The molecule has 1 aromatic rings. The Morgan fingerprint density at radius 2 is 1.86 bits per heavy atom. The predicted octanol–water partition coefficient (Wildman–Crippen LogP) is 2.02. The van der Waals surface area contributed by atoms with Gasteiger partial charge in [0.05, 0.1) is 11.3 Å². The lowest BCUT2D eigenvalue weighted by molar-refractivity contribution is -0.137. The smallest absolute Gasteiger partial charge is 0.303 e. The van der Waals surface area contributed by atoms with E-state index in [1.54, 1.807) is 24.3 Å². The van der Waals surface area contributed by atoms with E-state index in [0.29, 0.717) is 17.8 Å². The molecule has 0 radical (unpaired) electrons. The zero-order chi connectivity index (χ0) is 15.7. The second-order valence-corrected chi connectivity index (χ2v) is 4.60. The largest absolute Gasteiger partial charge is 0.481 e. The third-order valence-corrected chi connectivity index (χ3v) is 2.78. The topological polar surface area (TPSA) is 95.5 Å². The lowest BCUT2D eigenvalue weighted by atomic mass is 10.1. The summed E-state index contributed by atoms with van der Waals surface area (Å²) in [6.45, 7) is 2.52. The molecule has 0 spiro atoms. The number of anilines is 1. The summed E-state index contributed by atoms with van der Waals surface area (Å²) in [5.74, 6) is -1.47. The quantitative estimate of drug-likeness (QED) is 0.683. The number of benzene rings is 1. The molecule has 1 aromatic carbocycles. The van der Waals surface area contributed by atoms with Crippen LogP contribution in [-0.2, 0) is 9.59 Å². The highest BCUT2D eigenvalue weighted by Crippen LogP contribution is 2.15. The van der Waals surface area contributed by atoms with Crippen molar-refractivity contribution >= 4 is 23.5 Å². The van der Waals surface area contributed by atoms with Gasteiger partial charge in [-0.2, -0.15) is 0 Å². The van der Waals surface area contributed by atoms with E-state index in [1.807, 2.05) is 6.92 Å². The Labute approximate surface area is 123 Å². The van der Waals surface area contributed by atoms with Crippen LogP contribution in [-0.4, -0.2) is 29.4 Å². The molecule has 0 aromatic heterocycles. The molecule has 3 N–H and O–H groups in total. The van der Waals surface area contributed by atoms with Crippen LogP contribution < -0.4 is 10.6 Å². The standard InChI is InChI=1S/C15H20N2O4/c1-2-10-16-15(21)11-6-3-4-7-12(11)17-13(18)8-5-9-14(19)20/h3-4,6-7H,2,5,8-10H2,1H3,(H,16,21)(H,17,18)(H,19,20). The minimum Gasteiger partial charge on any atom is -0.481 e. The summed E-state index contributed by atoms with van der Waals surface area (Å²) in [6, 6.07) is 6.73. The second kappa shape index (κ2) is 8.73. The Bertz CT molecular complexity index is 514. The molecule has 0 fully saturated rings. The number of carbonyl (C=O) groups is 3. The van der Waals surface area contributed by atoms with Gasteiger partial charge in [0.2, 0.25) is 5.91 Å². The zero-order valence-electron chi connectivity index (χ0n) is 12.0. The van der Waals surface area contributed by atoms with Crippen molar-refractivity contribution in [3.8, 4) is 0 Å². The van der Waals surface area contributed by atoms with Crippen LogP contribution in [0.15, 0.2) is 24.3 Å². The van der Waals surface area contributed by atoms with E-state index in [2.05, 4.69) is 10.6 Å². The maximum Gasteiger partial charge on any atom is 0.303 e. The van der Waals surface area contributed by atoms with Crippen LogP contribution in [0.1, 0.15) is 43.0 Å². The molecule has 0 unspecified atom stereocenters. The molecule has 2 amide bonds. The molecule has 0 saturated carbocycles. The zero-order valence-corrected chi connectivity index (χ0v) is 12.0. The van der Waals surface area contributed by atoms with Crippen molar-refractivity contribution in [1.82, 2.24) is 5.32 Å². The van der Waals surface area contributed by atoms with Crippen LogP contribution in [0.25, 0.3) is 0 Å². The molecule has 0 aliphatic carbocycles. The van der Waals surface area contributed by atoms with Gasteiger partial charge in [0.1, 0.15) is 0 Å². The number of aliphatic carboxylic acids is 1. The second-order valence-electron chi connectivity index (χ2n) is 4.60. The molecule has 1 rings (SSSR count). The third-order valence-electron chi connectivity index (χ3n) is 2.78. The van der Waals surface area contributed by atoms with Gasteiger partial charge in [-0.05, 0) is 25.0 Å². The summed E-state index contributed by atoms with van der Waals surface area (Å²) in [4.78, 5) is 34.1. The summed E-state index contributed by atoms with van der Waals surface area (Å²) < 4.78 is 0. The van der Waals surface area contributed by atoms with Crippen molar-refractivity contribution in [2.75, 3.05) is 11.9 Å². The Morgan fingerprint density at radius 3 is 2.52 bits per heavy atom. The van der Waals surface area contributed by atoms with Gasteiger partial charge in [-0.15, -0.1) is 0 Å². The number of carboxylic acid groups (broad SMARTS) is 1. The monoisotopic (exact) mass is 292 g/mol. The molecule has 0 saturated heterocycles. The Kier molecular flexibility index (Phi) is 6.94. The number of carbonyl (C=O) groups excluding carboxylic acids is 2. The van der Waals surface area contributed by atoms with Gasteiger partial charge in [-0.25, -0.2) is 0 Å². The normalized spacial score (nSPS) is 9.95. The number of rotatable bonds is 8. The van der Waals surface area contributed by atoms with E-state index in [1.165, 1.54) is 0 Å². The number of amides is 2. The van der Waals surface area contributed by atoms with Gasteiger partial charge in [-0.1, -0.05) is 19.1 Å². The fraction of sp³-hybridized carbons (Fsp3) is 0.400. The maximum absolute atomic E-state index is 12.0. The van der Waals surface area contributed by atoms with Crippen molar-refractivity contribution in [2.24, 2.45) is 0 Å². The highest BCUT2D eigenvalue weighted by Gasteiger charge is 2.12. The highest BCUT2D eigenvalue weighted by atomic mass is 16.4. The summed E-state index contributed by atoms with van der Waals surface area (Å²) in [5, 5.41) is 13.9. The predicted molar refractivity (Wildman–Crippen MR) is 79.2 cm³/mol. The van der Waals surface area contributed by atoms with Gasteiger partial charge in [0.15, 0.2) is 0 Å². The van der Waals surface area contributed by atoms with Crippen LogP contribution in [0.2, 0.25) is 0 Å². The van der Waals surface area contributed by atoms with Gasteiger partial charge in [0.25, 0.3) is 5.91 Å². The molecule has 6 heteroatoms. The van der Waals surface area contributed by atoms with Crippen LogP contribution in [0.3, 0.4) is 0 Å². The molecule has 0 aliphatic rings. The first kappa shape index (κ1) is 16.7. The average molecular weight is 292 g/mol. The summed E-state index contributed by atoms with van der Waals surface area (Å²) >= 11 is 0. The van der Waals surface area contributed by atoms with Crippen LogP contribution in [0.4, 0.5) is 5.69 Å². The molecule has 0 atom stereocenters. The van der Waals surface area contributed by atoms with Gasteiger partial charge >= 0.3 is 5.97 Å². The molecule has 6 nitrogen and oxygen atoms in total. The Hall–Kier alpha value is -2.37. The minimum absolute atomic E-state index is 0.0496. The fourth-order valence-electron chi connectivity index (χ4n) is 1.74. The molecular formula is C15H20N2O4. The average Bonchev–Trinajstić information content (AvgIpc) is 2.45. The van der Waals surface area contributed by atoms with Gasteiger partial charge in [-0.3, -0.25) is 14.4 Å². The summed E-state index contributed by atoms with van der Waals surface area (Å²) in [5.41, 5.74) is 0.837. The number of hydrogen-bond acceptors (Lipinski definition) is 3. The van der Waals surface area contributed by atoms with E-state index < -0.39 is 5.97 Å². The lowest BCUT2D eigenvalue weighted by Crippen LogP contribution is -2.25. The van der Waals surface area contributed by atoms with Crippen LogP contribution in [0.5, 0.6) is 0 Å². The first-order chi connectivity index (χ1) is 10.0. The Morgan fingerprint density at radius 1 is 1.14 bits per heavy atom. The summed E-state index contributed by atoms with van der Waals surface area (Å²) in [6.07, 6.45) is 1.16. The van der Waals surface area contributed by atoms with Crippen LogP contribution >= 0.6 is 0 Å². The van der Waals surface area contributed by atoms with E-state index in [0.717, 1.165) is 6.42 Å². The summed E-state index contributed by atoms with van der Waals surface area (Å²) in [7, 11) is 0. The number of hydrogen-bond donors (Lipinski definition) is 3. The maximum atomic E-state index is 12.0. The van der Waals surface area contributed by atoms with Crippen LogP contribution in [0, 0.1) is 0 Å². The van der Waals surface area contributed by atoms with Crippen molar-refractivity contribution < 1.29 is 19.5 Å². The first-order valence-electron chi connectivity index (χ1n) is 6.93. The molecule has 0 aliphatic heterocycles. The van der Waals surface area contributed by atoms with Crippen molar-refractivity contribution in [3.05, 3.63) is 29.8 Å². The van der Waals surface area contributed by atoms with E-state index in [-0.39, 0.29) is 31.1 Å². The number of nitrogens with one attached hydrogen (secondary N) is 2. The van der Waals surface area contributed by atoms with Crippen molar-refractivity contribution in [1.29, 1.82) is 0 Å². The number of carboxylic acids is 1. The molecule has 114 valence electrons. The van der Waals surface area contributed by atoms with E-state index in [9.17, 15) is 14.4 Å². The van der Waals surface area contributed by atoms with Crippen molar-refractivity contribution in [2.45, 2.75) is 32.6 Å². The highest BCUT2D eigenvalue weighted by molar-refractivity contribution is 6.03. The van der Waals surface area contributed by atoms with Gasteiger partial charge < -0.3 is 15.7 Å². The van der Waals surface area contributed by atoms with E-state index in [4.69, 9.17) is 5.11 Å². The third kappa shape index (κ3) is 6.07. The molecular weight excluding hydrogens is 272 g/mol. The SMILES string of the molecule is CCCNC(=O)c1ccccc1NC(=O)CCCC(=O)O. The number of para-hydroxylation sites is 1. The fourth-order valence-corrected chi connectivity index (χ4v) is 1.74. The molecule has 0 bridgehead atoms. The first-order valence-corrected chi connectivity index (χ1v) is 6.93. The van der Waals surface area contributed by atoms with E-state index >= 15 is 0 Å².